The van der Waals surface area contributed by atoms with Crippen molar-refractivity contribution in [2.75, 3.05) is 0 Å². The van der Waals surface area contributed by atoms with Gasteiger partial charge in [-0.1, -0.05) is 6.08 Å². The van der Waals surface area contributed by atoms with E-state index in [4.69, 9.17) is 0 Å². The molecule has 11 heavy (non-hydrogen) atoms. The van der Waals surface area contributed by atoms with E-state index in [9.17, 15) is 12.3 Å². The Bertz CT molecular complexity index is 304. The van der Waals surface area contributed by atoms with Crippen LogP contribution in [-0.2, 0) is 10.2 Å². The van der Waals surface area contributed by atoms with Gasteiger partial charge in [0.15, 0.2) is 0 Å². The van der Waals surface area contributed by atoms with E-state index < -0.39 is 10.2 Å². The molecule has 0 aromatic carbocycles. The largest absolute Gasteiger partial charge is 0.328 e. The molecule has 4 heteroatoms. The van der Waals surface area contributed by atoms with Gasteiger partial charge in [-0.15, -0.1) is 3.89 Å². The third-order valence-electron chi connectivity index (χ3n) is 2.56. The topological polar surface area (TPSA) is 34.1 Å². The van der Waals surface area contributed by atoms with Crippen molar-refractivity contribution in [3.8, 4) is 0 Å². The smallest absolute Gasteiger partial charge is 0.190 e. The molecule has 2 aliphatic rings. The monoisotopic (exact) mass is 176 g/mol. The zero-order chi connectivity index (χ0) is 8.06. The van der Waals surface area contributed by atoms with Gasteiger partial charge in [0.25, 0.3) is 0 Å². The summed E-state index contributed by atoms with van der Waals surface area (Å²) in [5.74, 6) is 0.329. The molecule has 62 valence electrons. The molecule has 0 heterocycles. The first kappa shape index (κ1) is 7.28. The molecule has 0 aliphatic heterocycles. The van der Waals surface area contributed by atoms with Gasteiger partial charge in [0.05, 0.1) is 4.91 Å². The van der Waals surface area contributed by atoms with Crippen LogP contribution in [0, 0.1) is 11.8 Å². The minimum absolute atomic E-state index is 0.00463. The Morgan fingerprint density at radius 1 is 1.45 bits per heavy atom. The van der Waals surface area contributed by atoms with Gasteiger partial charge in [-0.3, -0.25) is 0 Å². The van der Waals surface area contributed by atoms with Gasteiger partial charge in [-0.2, -0.15) is 8.42 Å². The van der Waals surface area contributed by atoms with E-state index in [2.05, 4.69) is 0 Å². The van der Waals surface area contributed by atoms with Crippen molar-refractivity contribution in [1.82, 2.24) is 0 Å². The van der Waals surface area contributed by atoms with Gasteiger partial charge in [0.2, 0.25) is 0 Å². The molecule has 1 saturated carbocycles. The fourth-order valence-corrected chi connectivity index (χ4v) is 3.04. The zero-order valence-corrected chi connectivity index (χ0v) is 6.77. The van der Waals surface area contributed by atoms with Gasteiger partial charge in [-0.25, -0.2) is 0 Å². The van der Waals surface area contributed by atoms with Crippen molar-refractivity contribution >= 4 is 10.2 Å². The minimum Gasteiger partial charge on any atom is -0.190 e. The second kappa shape index (κ2) is 2.06. The van der Waals surface area contributed by atoms with Crippen LogP contribution in [0.15, 0.2) is 11.0 Å². The van der Waals surface area contributed by atoms with E-state index in [1.54, 1.807) is 6.08 Å². The molecular formula is C7H9FO2S. The highest BCUT2D eigenvalue weighted by molar-refractivity contribution is 7.90. The maximum Gasteiger partial charge on any atom is 0.328 e. The van der Waals surface area contributed by atoms with Crippen LogP contribution in [0.1, 0.15) is 19.3 Å². The number of allylic oxidation sites excluding steroid dienone is 2. The Balaban J connectivity index is 2.38. The summed E-state index contributed by atoms with van der Waals surface area (Å²) in [5, 5.41) is 0. The summed E-state index contributed by atoms with van der Waals surface area (Å²) in [6, 6.07) is 0. The molecule has 2 rings (SSSR count). The average Bonchev–Trinajstić information content (AvgIpc) is 2.42. The van der Waals surface area contributed by atoms with Crippen molar-refractivity contribution in [3.63, 3.8) is 0 Å². The first-order chi connectivity index (χ1) is 5.07. The van der Waals surface area contributed by atoms with Crippen LogP contribution in [0.5, 0.6) is 0 Å². The molecule has 0 aromatic rings. The zero-order valence-electron chi connectivity index (χ0n) is 5.96. The van der Waals surface area contributed by atoms with Gasteiger partial charge in [0.1, 0.15) is 0 Å². The Labute approximate surface area is 65.3 Å². The highest BCUT2D eigenvalue weighted by atomic mass is 32.3. The van der Waals surface area contributed by atoms with Crippen LogP contribution >= 0.6 is 0 Å². The maximum absolute atomic E-state index is 12.5. The van der Waals surface area contributed by atoms with E-state index in [-0.39, 0.29) is 10.8 Å². The molecule has 2 atom stereocenters. The number of rotatable bonds is 1. The molecule has 0 aromatic heterocycles. The van der Waals surface area contributed by atoms with Crippen molar-refractivity contribution < 1.29 is 12.3 Å². The molecule has 2 nitrogen and oxygen atoms in total. The molecule has 0 N–H and O–H groups in total. The van der Waals surface area contributed by atoms with Crippen LogP contribution in [-0.4, -0.2) is 8.42 Å². The van der Waals surface area contributed by atoms with Gasteiger partial charge in [0, 0.05) is 0 Å². The first-order valence-electron chi connectivity index (χ1n) is 3.74. The molecule has 0 radical (unpaired) electrons. The fourth-order valence-electron chi connectivity index (χ4n) is 2.07. The van der Waals surface area contributed by atoms with Crippen LogP contribution < -0.4 is 0 Å². The SMILES string of the molecule is O=S(=O)(F)C1=CC2CCC1C2. The first-order valence-corrected chi connectivity index (χ1v) is 5.12. The molecule has 1 fully saturated rings. The van der Waals surface area contributed by atoms with Gasteiger partial charge < -0.3 is 0 Å². The van der Waals surface area contributed by atoms with E-state index in [1.807, 2.05) is 0 Å². The lowest BCUT2D eigenvalue weighted by molar-refractivity contribution is 0.547. The Morgan fingerprint density at radius 3 is 2.45 bits per heavy atom. The summed E-state index contributed by atoms with van der Waals surface area (Å²) >= 11 is 0. The summed E-state index contributed by atoms with van der Waals surface area (Å²) in [7, 11) is -4.37. The summed E-state index contributed by atoms with van der Waals surface area (Å²) in [6.07, 6.45) is 4.31. The molecule has 2 bridgehead atoms. The summed E-state index contributed by atoms with van der Waals surface area (Å²) in [6.45, 7) is 0. The quantitative estimate of drug-likeness (QED) is 0.569. The van der Waals surface area contributed by atoms with Gasteiger partial charge >= 0.3 is 10.2 Å². The molecule has 2 unspecified atom stereocenters. The highest BCUT2D eigenvalue weighted by Gasteiger charge is 2.38. The lowest BCUT2D eigenvalue weighted by atomic mass is 10.1. The highest BCUT2D eigenvalue weighted by Crippen LogP contribution is 2.45. The molecule has 2 aliphatic carbocycles. The fraction of sp³-hybridized carbons (Fsp3) is 0.714. The Morgan fingerprint density at radius 2 is 2.18 bits per heavy atom. The molecule has 0 spiro atoms. The Hall–Kier alpha value is -0.380. The van der Waals surface area contributed by atoms with Gasteiger partial charge in [-0.05, 0) is 31.1 Å². The molecule has 0 saturated heterocycles. The number of fused-ring (bicyclic) bond motifs is 2. The van der Waals surface area contributed by atoms with Crippen LogP contribution in [0.3, 0.4) is 0 Å². The summed E-state index contributed by atoms with van der Waals surface area (Å²) < 4.78 is 33.4. The molecule has 0 amide bonds. The standard InChI is InChI=1S/C7H9FO2S/c8-11(9,10)7-4-5-1-2-6(7)3-5/h4-6H,1-3H2. The number of hydrogen-bond donors (Lipinski definition) is 0. The minimum atomic E-state index is -4.37. The average molecular weight is 176 g/mol. The van der Waals surface area contributed by atoms with Crippen LogP contribution in [0.2, 0.25) is 0 Å². The van der Waals surface area contributed by atoms with E-state index in [0.717, 1.165) is 19.3 Å². The van der Waals surface area contributed by atoms with Crippen molar-refractivity contribution in [2.24, 2.45) is 11.8 Å². The second-order valence-corrected chi connectivity index (χ2v) is 4.62. The third kappa shape index (κ3) is 1.09. The second-order valence-electron chi connectivity index (χ2n) is 3.28. The lowest BCUT2D eigenvalue weighted by Crippen LogP contribution is -2.04. The van der Waals surface area contributed by atoms with Crippen molar-refractivity contribution in [1.29, 1.82) is 0 Å². The number of hydrogen-bond acceptors (Lipinski definition) is 2. The van der Waals surface area contributed by atoms with Crippen LogP contribution in [0.25, 0.3) is 0 Å². The van der Waals surface area contributed by atoms with Crippen molar-refractivity contribution in [3.05, 3.63) is 11.0 Å². The third-order valence-corrected chi connectivity index (χ3v) is 3.59. The maximum atomic E-state index is 12.5. The van der Waals surface area contributed by atoms with E-state index >= 15 is 0 Å². The molecular weight excluding hydrogens is 167 g/mol. The summed E-state index contributed by atoms with van der Waals surface area (Å²) in [5.41, 5.74) is 0. The normalized spacial score (nSPS) is 35.9. The lowest BCUT2D eigenvalue weighted by Gasteiger charge is -2.07. The predicted octanol–water partition coefficient (Wildman–Crippen LogP) is 1.60. The van der Waals surface area contributed by atoms with E-state index in [0.29, 0.717) is 5.92 Å². The van der Waals surface area contributed by atoms with E-state index in [1.165, 1.54) is 0 Å². The van der Waals surface area contributed by atoms with Crippen molar-refractivity contribution in [2.45, 2.75) is 19.3 Å². The summed E-state index contributed by atoms with van der Waals surface area (Å²) in [4.78, 5) is 0.0498. The number of halogens is 1. The van der Waals surface area contributed by atoms with Crippen LogP contribution in [0.4, 0.5) is 3.89 Å². The Kier molecular flexibility index (Phi) is 1.36. The predicted molar refractivity (Wildman–Crippen MR) is 38.9 cm³/mol.